The number of benzene rings is 3. The molecule has 10 heteroatoms. The molecule has 0 atom stereocenters. The lowest BCUT2D eigenvalue weighted by molar-refractivity contribution is -0.119. The zero-order valence-electron chi connectivity index (χ0n) is 19.3. The van der Waals surface area contributed by atoms with Crippen LogP contribution in [0.25, 0.3) is 0 Å². The van der Waals surface area contributed by atoms with Crippen LogP contribution in [0.2, 0.25) is 0 Å². The summed E-state index contributed by atoms with van der Waals surface area (Å²) in [5.41, 5.74) is 4.44. The van der Waals surface area contributed by atoms with Crippen molar-refractivity contribution in [1.29, 1.82) is 0 Å². The SMILES string of the molecule is CCOc1cc(/C=N\NC(=O)CN(c2ccccc2Br)S(C)(=O)=O)ccc1OCc1ccccc1. The maximum atomic E-state index is 12.4. The lowest BCUT2D eigenvalue weighted by Gasteiger charge is -2.22. The van der Waals surface area contributed by atoms with Crippen molar-refractivity contribution in [3.63, 3.8) is 0 Å². The molecule has 3 rings (SSSR count). The third kappa shape index (κ3) is 7.83. The molecule has 0 spiro atoms. The molecule has 8 nitrogen and oxygen atoms in total. The molecular formula is C25H26BrN3O5S. The number of hydrogen-bond acceptors (Lipinski definition) is 6. The van der Waals surface area contributed by atoms with E-state index in [2.05, 4.69) is 26.5 Å². The van der Waals surface area contributed by atoms with Gasteiger partial charge >= 0.3 is 0 Å². The molecule has 0 aliphatic heterocycles. The molecule has 0 aliphatic carbocycles. The van der Waals surface area contributed by atoms with Gasteiger partial charge in [-0.3, -0.25) is 9.10 Å². The van der Waals surface area contributed by atoms with Crippen LogP contribution in [0.5, 0.6) is 11.5 Å². The van der Waals surface area contributed by atoms with Crippen molar-refractivity contribution in [2.45, 2.75) is 13.5 Å². The van der Waals surface area contributed by atoms with E-state index < -0.39 is 22.5 Å². The Morgan fingerprint density at radius 1 is 1.03 bits per heavy atom. The number of amides is 1. The van der Waals surface area contributed by atoms with Crippen LogP contribution >= 0.6 is 15.9 Å². The molecule has 3 aromatic rings. The van der Waals surface area contributed by atoms with E-state index in [9.17, 15) is 13.2 Å². The second-order valence-corrected chi connectivity index (χ2v) is 10.2. The Morgan fingerprint density at radius 2 is 1.74 bits per heavy atom. The second kappa shape index (κ2) is 12.4. The lowest BCUT2D eigenvalue weighted by Crippen LogP contribution is -2.39. The summed E-state index contributed by atoms with van der Waals surface area (Å²) in [6.45, 7) is 2.31. The van der Waals surface area contributed by atoms with Crippen molar-refractivity contribution in [3.05, 3.63) is 88.4 Å². The van der Waals surface area contributed by atoms with Gasteiger partial charge in [-0.2, -0.15) is 5.10 Å². The van der Waals surface area contributed by atoms with Gasteiger partial charge in [-0.15, -0.1) is 0 Å². The van der Waals surface area contributed by atoms with Crippen LogP contribution in [-0.4, -0.2) is 39.9 Å². The quantitative estimate of drug-likeness (QED) is 0.278. The zero-order chi connectivity index (χ0) is 25.3. The fourth-order valence-electron chi connectivity index (χ4n) is 3.11. The molecule has 0 fully saturated rings. The molecular weight excluding hydrogens is 534 g/mol. The third-order valence-corrected chi connectivity index (χ3v) is 6.51. The fourth-order valence-corrected chi connectivity index (χ4v) is 4.59. The van der Waals surface area contributed by atoms with Gasteiger partial charge in [-0.1, -0.05) is 42.5 Å². The van der Waals surface area contributed by atoms with Gasteiger partial charge in [-0.05, 0) is 64.3 Å². The van der Waals surface area contributed by atoms with Crippen molar-refractivity contribution in [3.8, 4) is 11.5 Å². The average molecular weight is 560 g/mol. The van der Waals surface area contributed by atoms with E-state index in [1.165, 1.54) is 6.21 Å². The number of nitrogens with one attached hydrogen (secondary N) is 1. The topological polar surface area (TPSA) is 97.3 Å². The average Bonchev–Trinajstić information content (AvgIpc) is 2.83. The highest BCUT2D eigenvalue weighted by Gasteiger charge is 2.22. The Labute approximate surface area is 213 Å². The Hall–Kier alpha value is -3.37. The van der Waals surface area contributed by atoms with Crippen molar-refractivity contribution in [2.75, 3.05) is 23.7 Å². The molecule has 0 unspecified atom stereocenters. The molecule has 0 saturated heterocycles. The lowest BCUT2D eigenvalue weighted by atomic mass is 10.2. The maximum Gasteiger partial charge on any atom is 0.260 e. The minimum absolute atomic E-state index is 0.363. The third-order valence-electron chi connectivity index (χ3n) is 4.72. The summed E-state index contributed by atoms with van der Waals surface area (Å²) < 4.78 is 37.7. The highest BCUT2D eigenvalue weighted by molar-refractivity contribution is 9.10. The van der Waals surface area contributed by atoms with Gasteiger partial charge in [-0.25, -0.2) is 13.8 Å². The van der Waals surface area contributed by atoms with Crippen LogP contribution in [0.4, 0.5) is 5.69 Å². The first-order chi connectivity index (χ1) is 16.8. The number of ether oxygens (including phenoxy) is 2. The van der Waals surface area contributed by atoms with E-state index in [0.29, 0.717) is 40.4 Å². The molecule has 0 aliphatic rings. The highest BCUT2D eigenvalue weighted by Crippen LogP contribution is 2.29. The molecule has 3 aromatic carbocycles. The van der Waals surface area contributed by atoms with Crippen molar-refractivity contribution in [2.24, 2.45) is 5.10 Å². The summed E-state index contributed by atoms with van der Waals surface area (Å²) in [5.74, 6) is 0.556. The standard InChI is InChI=1S/C25H26BrN3O5S/c1-3-33-24-15-20(13-14-23(24)34-18-19-9-5-4-6-10-19)16-27-28-25(30)17-29(35(2,31)32)22-12-8-7-11-21(22)26/h4-16H,3,17-18H2,1-2H3,(H,28,30)/b27-16-. The molecule has 35 heavy (non-hydrogen) atoms. The fraction of sp³-hybridized carbons (Fsp3) is 0.200. The molecule has 0 radical (unpaired) electrons. The van der Waals surface area contributed by atoms with E-state index in [1.807, 2.05) is 37.3 Å². The van der Waals surface area contributed by atoms with Gasteiger partial charge in [0.1, 0.15) is 13.2 Å². The largest absolute Gasteiger partial charge is 0.490 e. The Balaban J connectivity index is 1.66. The molecule has 0 bridgehead atoms. The maximum absolute atomic E-state index is 12.4. The number of carbonyl (C=O) groups excluding carboxylic acids is 1. The number of hydrogen-bond donors (Lipinski definition) is 1. The van der Waals surface area contributed by atoms with Crippen molar-refractivity contribution < 1.29 is 22.7 Å². The predicted octanol–water partition coefficient (Wildman–Crippen LogP) is 4.34. The number of sulfonamides is 1. The molecule has 0 aromatic heterocycles. The van der Waals surface area contributed by atoms with E-state index in [1.54, 1.807) is 42.5 Å². The van der Waals surface area contributed by atoms with E-state index in [4.69, 9.17) is 9.47 Å². The van der Waals surface area contributed by atoms with E-state index in [-0.39, 0.29) is 0 Å². The van der Waals surface area contributed by atoms with E-state index >= 15 is 0 Å². The van der Waals surface area contributed by atoms with Crippen LogP contribution in [-0.2, 0) is 21.4 Å². The minimum Gasteiger partial charge on any atom is -0.490 e. The summed E-state index contributed by atoms with van der Waals surface area (Å²) in [7, 11) is -3.69. The first-order valence-corrected chi connectivity index (χ1v) is 13.4. The Bertz CT molecular complexity index is 1280. The summed E-state index contributed by atoms with van der Waals surface area (Å²) in [5, 5.41) is 3.96. The first kappa shape index (κ1) is 26.2. The van der Waals surface area contributed by atoms with Crippen LogP contribution in [0.3, 0.4) is 0 Å². The normalized spacial score (nSPS) is 11.3. The monoisotopic (exact) mass is 559 g/mol. The molecule has 184 valence electrons. The van der Waals surface area contributed by atoms with Crippen LogP contribution in [0, 0.1) is 0 Å². The van der Waals surface area contributed by atoms with Crippen LogP contribution in [0.15, 0.2) is 82.4 Å². The zero-order valence-corrected chi connectivity index (χ0v) is 21.8. The highest BCUT2D eigenvalue weighted by atomic mass is 79.9. The number of nitrogens with zero attached hydrogens (tertiary/aromatic N) is 2. The first-order valence-electron chi connectivity index (χ1n) is 10.8. The number of halogens is 1. The van der Waals surface area contributed by atoms with Gasteiger partial charge in [0, 0.05) is 4.47 Å². The number of carbonyl (C=O) groups is 1. The predicted molar refractivity (Wildman–Crippen MR) is 140 cm³/mol. The summed E-state index contributed by atoms with van der Waals surface area (Å²) in [4.78, 5) is 12.4. The minimum atomic E-state index is -3.69. The van der Waals surface area contributed by atoms with Crippen LogP contribution in [0.1, 0.15) is 18.1 Å². The Morgan fingerprint density at radius 3 is 2.43 bits per heavy atom. The Kier molecular flexibility index (Phi) is 9.27. The molecule has 1 N–H and O–H groups in total. The summed E-state index contributed by atoms with van der Waals surface area (Å²) in [6, 6.07) is 21.9. The second-order valence-electron chi connectivity index (χ2n) is 7.43. The number of hydrazone groups is 1. The summed E-state index contributed by atoms with van der Waals surface area (Å²) >= 11 is 3.32. The number of rotatable bonds is 11. The van der Waals surface area contributed by atoms with Crippen molar-refractivity contribution >= 4 is 43.8 Å². The molecule has 0 saturated carbocycles. The summed E-state index contributed by atoms with van der Waals surface area (Å²) in [6.07, 6.45) is 2.49. The van der Waals surface area contributed by atoms with Crippen LogP contribution < -0.4 is 19.2 Å². The molecule has 0 heterocycles. The van der Waals surface area contributed by atoms with Gasteiger partial charge in [0.25, 0.3) is 5.91 Å². The van der Waals surface area contributed by atoms with Gasteiger partial charge in [0.2, 0.25) is 10.0 Å². The number of para-hydroxylation sites is 1. The van der Waals surface area contributed by atoms with Gasteiger partial charge in [0.15, 0.2) is 11.5 Å². The smallest absolute Gasteiger partial charge is 0.260 e. The van der Waals surface area contributed by atoms with Gasteiger partial charge in [0.05, 0.1) is 24.8 Å². The van der Waals surface area contributed by atoms with Gasteiger partial charge < -0.3 is 9.47 Å². The number of anilines is 1. The molecule has 1 amide bonds. The van der Waals surface area contributed by atoms with Crippen molar-refractivity contribution in [1.82, 2.24) is 5.43 Å². The van der Waals surface area contributed by atoms with E-state index in [0.717, 1.165) is 16.1 Å².